The van der Waals surface area contributed by atoms with Crippen LogP contribution in [0.3, 0.4) is 0 Å². The van der Waals surface area contributed by atoms with Gasteiger partial charge in [0.05, 0.1) is 17.1 Å². The maximum absolute atomic E-state index is 13.4. The van der Waals surface area contributed by atoms with Crippen molar-refractivity contribution in [3.05, 3.63) is 92.1 Å². The zero-order valence-corrected chi connectivity index (χ0v) is 22.3. The summed E-state index contributed by atoms with van der Waals surface area (Å²) in [6.45, 7) is 12.1. The Hall–Kier alpha value is -3.39. The Morgan fingerprint density at radius 3 is 2.49 bits per heavy atom. The molecular formula is C27H28BrN5O2. The number of hydrogen-bond acceptors (Lipinski definition) is 6. The number of hydrogen-bond donors (Lipinski definition) is 0. The van der Waals surface area contributed by atoms with Gasteiger partial charge >= 0.3 is 0 Å². The molecule has 4 aromatic rings. The van der Waals surface area contributed by atoms with Crippen molar-refractivity contribution in [2.24, 2.45) is 0 Å². The summed E-state index contributed by atoms with van der Waals surface area (Å²) in [6, 6.07) is 13.5. The van der Waals surface area contributed by atoms with Gasteiger partial charge in [0, 0.05) is 22.9 Å². The van der Waals surface area contributed by atoms with Gasteiger partial charge in [-0.05, 0) is 66.5 Å². The van der Waals surface area contributed by atoms with E-state index in [4.69, 9.17) is 9.72 Å². The van der Waals surface area contributed by atoms with Crippen LogP contribution in [0.2, 0.25) is 0 Å². The number of ether oxygens (including phenoxy) is 1. The lowest BCUT2D eigenvalue weighted by molar-refractivity contribution is 0.284. The van der Waals surface area contributed by atoms with Crippen LogP contribution < -0.4 is 10.3 Å². The number of nitrogens with zero attached hydrogens (tertiary/aromatic N) is 5. The summed E-state index contributed by atoms with van der Waals surface area (Å²) in [7, 11) is 0. The molecule has 0 atom stereocenters. The zero-order valence-electron chi connectivity index (χ0n) is 20.8. The standard InChI is InChI=1S/C27H28BrN5O2/c1-16-10-11-19(21-12-13-29-26(32-21)27(4,5)6)14-22(16)33-18(3)31-24(23(28)25(33)34)35-15-20-9-7-8-17(2)30-20/h7-14H,15H2,1-6H3. The Morgan fingerprint density at radius 1 is 1.00 bits per heavy atom. The average molecular weight is 534 g/mol. The first-order chi connectivity index (χ1) is 16.5. The molecule has 0 radical (unpaired) electrons. The first kappa shape index (κ1) is 24.7. The second-order valence-corrected chi connectivity index (χ2v) is 10.3. The van der Waals surface area contributed by atoms with Crippen LogP contribution in [0, 0.1) is 20.8 Å². The van der Waals surface area contributed by atoms with Crippen molar-refractivity contribution in [2.45, 2.75) is 53.6 Å². The predicted molar refractivity (Wildman–Crippen MR) is 140 cm³/mol. The largest absolute Gasteiger partial charge is 0.470 e. The van der Waals surface area contributed by atoms with Gasteiger partial charge in [0.15, 0.2) is 0 Å². The van der Waals surface area contributed by atoms with Crippen molar-refractivity contribution < 1.29 is 4.74 Å². The molecule has 3 heterocycles. The van der Waals surface area contributed by atoms with E-state index in [0.29, 0.717) is 5.82 Å². The van der Waals surface area contributed by atoms with E-state index in [-0.39, 0.29) is 27.9 Å². The lowest BCUT2D eigenvalue weighted by Crippen LogP contribution is -2.24. The van der Waals surface area contributed by atoms with E-state index < -0.39 is 0 Å². The summed E-state index contributed by atoms with van der Waals surface area (Å²) in [5.74, 6) is 1.52. The molecule has 35 heavy (non-hydrogen) atoms. The van der Waals surface area contributed by atoms with E-state index in [1.54, 1.807) is 17.7 Å². The van der Waals surface area contributed by atoms with Crippen molar-refractivity contribution >= 4 is 15.9 Å². The van der Waals surface area contributed by atoms with Crippen molar-refractivity contribution in [3.8, 4) is 22.8 Å². The fourth-order valence-corrected chi connectivity index (χ4v) is 4.06. The second kappa shape index (κ2) is 9.70. The molecular weight excluding hydrogens is 506 g/mol. The monoisotopic (exact) mass is 533 g/mol. The summed E-state index contributed by atoms with van der Waals surface area (Å²) in [4.78, 5) is 31.6. The molecule has 0 aliphatic carbocycles. The number of pyridine rings is 1. The van der Waals surface area contributed by atoms with E-state index in [9.17, 15) is 4.79 Å². The van der Waals surface area contributed by atoms with Crippen LogP contribution in [0.4, 0.5) is 0 Å². The Morgan fingerprint density at radius 2 is 1.77 bits per heavy atom. The van der Waals surface area contributed by atoms with Gasteiger partial charge in [-0.3, -0.25) is 14.3 Å². The molecule has 0 amide bonds. The Labute approximate surface area is 213 Å². The van der Waals surface area contributed by atoms with Gasteiger partial charge in [-0.25, -0.2) is 9.97 Å². The van der Waals surface area contributed by atoms with Crippen molar-refractivity contribution in [1.29, 1.82) is 0 Å². The van der Waals surface area contributed by atoms with Crippen molar-refractivity contribution in [2.75, 3.05) is 0 Å². The molecule has 0 aliphatic heterocycles. The summed E-state index contributed by atoms with van der Waals surface area (Å²) >= 11 is 3.41. The summed E-state index contributed by atoms with van der Waals surface area (Å²) in [5, 5.41) is 0. The van der Waals surface area contributed by atoms with Crippen LogP contribution in [-0.4, -0.2) is 24.5 Å². The van der Waals surface area contributed by atoms with Gasteiger partial charge in [0.1, 0.15) is 22.7 Å². The normalized spacial score (nSPS) is 11.5. The van der Waals surface area contributed by atoms with Gasteiger partial charge in [0.25, 0.3) is 5.56 Å². The highest BCUT2D eigenvalue weighted by Gasteiger charge is 2.20. The maximum atomic E-state index is 13.4. The number of aromatic nitrogens is 5. The molecule has 0 bridgehead atoms. The van der Waals surface area contributed by atoms with Crippen LogP contribution in [0.5, 0.6) is 5.88 Å². The minimum absolute atomic E-state index is 0.171. The first-order valence-corrected chi connectivity index (χ1v) is 12.1. The molecule has 0 N–H and O–H groups in total. The SMILES string of the molecule is Cc1cccc(COc2nc(C)n(-c3cc(-c4ccnc(C(C)(C)C)n4)ccc3C)c(=O)c2Br)n1. The van der Waals surface area contributed by atoms with Crippen LogP contribution >= 0.6 is 15.9 Å². The van der Waals surface area contributed by atoms with Crippen LogP contribution in [-0.2, 0) is 12.0 Å². The van der Waals surface area contributed by atoms with E-state index in [0.717, 1.165) is 39.7 Å². The Bertz CT molecular complexity index is 1460. The first-order valence-electron chi connectivity index (χ1n) is 11.3. The molecule has 3 aromatic heterocycles. The van der Waals surface area contributed by atoms with Crippen LogP contribution in [0.1, 0.15) is 49.4 Å². The second-order valence-electron chi connectivity index (χ2n) is 9.49. The summed E-state index contributed by atoms with van der Waals surface area (Å²) in [6.07, 6.45) is 1.77. The molecule has 0 saturated heterocycles. The summed E-state index contributed by atoms with van der Waals surface area (Å²) in [5.41, 5.74) is 4.62. The van der Waals surface area contributed by atoms with E-state index in [1.165, 1.54) is 0 Å². The third-order valence-corrected chi connectivity index (χ3v) is 6.22. The minimum atomic E-state index is -0.247. The number of benzene rings is 1. The molecule has 8 heteroatoms. The van der Waals surface area contributed by atoms with E-state index in [1.807, 2.05) is 56.3 Å². The average Bonchev–Trinajstić information content (AvgIpc) is 2.81. The molecule has 180 valence electrons. The number of halogens is 1. The highest BCUT2D eigenvalue weighted by Crippen LogP contribution is 2.27. The molecule has 7 nitrogen and oxygen atoms in total. The third kappa shape index (κ3) is 5.32. The molecule has 0 aliphatic rings. The number of aryl methyl sites for hydroxylation is 3. The van der Waals surface area contributed by atoms with Gasteiger partial charge in [-0.1, -0.05) is 39.0 Å². The number of rotatable bonds is 5. The quantitative estimate of drug-likeness (QED) is 0.329. The van der Waals surface area contributed by atoms with Gasteiger partial charge in [-0.2, -0.15) is 4.98 Å². The molecule has 1 aromatic carbocycles. The molecule has 0 saturated carbocycles. The van der Waals surface area contributed by atoms with E-state index >= 15 is 0 Å². The lowest BCUT2D eigenvalue weighted by Gasteiger charge is -2.18. The van der Waals surface area contributed by atoms with Crippen molar-refractivity contribution in [1.82, 2.24) is 24.5 Å². The fourth-order valence-electron chi connectivity index (χ4n) is 3.67. The molecule has 0 unspecified atom stereocenters. The highest BCUT2D eigenvalue weighted by molar-refractivity contribution is 9.10. The maximum Gasteiger partial charge on any atom is 0.276 e. The predicted octanol–water partition coefficient (Wildman–Crippen LogP) is 5.65. The van der Waals surface area contributed by atoms with Gasteiger partial charge < -0.3 is 4.74 Å². The van der Waals surface area contributed by atoms with Crippen LogP contribution in [0.15, 0.2) is 57.9 Å². The molecule has 0 fully saturated rings. The zero-order chi connectivity index (χ0) is 25.3. The van der Waals surface area contributed by atoms with Gasteiger partial charge in [-0.15, -0.1) is 0 Å². The topological polar surface area (TPSA) is 82.8 Å². The Kier molecular flexibility index (Phi) is 6.85. The van der Waals surface area contributed by atoms with Crippen molar-refractivity contribution in [3.63, 3.8) is 0 Å². The molecule has 0 spiro atoms. The van der Waals surface area contributed by atoms with Gasteiger partial charge in [0.2, 0.25) is 5.88 Å². The highest BCUT2D eigenvalue weighted by atomic mass is 79.9. The van der Waals surface area contributed by atoms with E-state index in [2.05, 4.69) is 51.7 Å². The fraction of sp³-hybridized carbons (Fsp3) is 0.296. The summed E-state index contributed by atoms with van der Waals surface area (Å²) < 4.78 is 7.70. The molecule has 4 rings (SSSR count). The lowest BCUT2D eigenvalue weighted by atomic mass is 9.95. The Balaban J connectivity index is 1.72. The minimum Gasteiger partial charge on any atom is -0.470 e. The van der Waals surface area contributed by atoms with Crippen LogP contribution in [0.25, 0.3) is 16.9 Å². The third-order valence-electron chi connectivity index (χ3n) is 5.54. The smallest absolute Gasteiger partial charge is 0.276 e.